The molecule has 1 aliphatic rings. The Morgan fingerprint density at radius 2 is 2.00 bits per heavy atom. The molecule has 0 unspecified atom stereocenters. The zero-order chi connectivity index (χ0) is 11.4. The summed E-state index contributed by atoms with van der Waals surface area (Å²) in [6.07, 6.45) is 0.201. The maximum Gasteiger partial charge on any atom is 0.200 e. The summed E-state index contributed by atoms with van der Waals surface area (Å²) in [5.41, 5.74) is 0. The average Bonchev–Trinajstić information content (AvgIpc) is 2.77. The van der Waals surface area contributed by atoms with Gasteiger partial charge in [0.1, 0.15) is 0 Å². The summed E-state index contributed by atoms with van der Waals surface area (Å²) in [7, 11) is 0. The second-order valence-corrected chi connectivity index (χ2v) is 3.36. The molecule has 0 saturated carbocycles. The SMILES string of the molecule is Fc1cccc(OCCC2OCCO2)c1F. The Bertz CT molecular complexity index is 351. The van der Waals surface area contributed by atoms with Crippen LogP contribution in [0.4, 0.5) is 8.78 Å². The molecule has 0 spiro atoms. The molecule has 88 valence electrons. The summed E-state index contributed by atoms with van der Waals surface area (Å²) in [5, 5.41) is 0. The smallest absolute Gasteiger partial charge is 0.200 e. The molecule has 0 N–H and O–H groups in total. The van der Waals surface area contributed by atoms with E-state index in [1.165, 1.54) is 12.1 Å². The van der Waals surface area contributed by atoms with Crippen molar-refractivity contribution in [2.24, 2.45) is 0 Å². The molecule has 0 aliphatic carbocycles. The zero-order valence-electron chi connectivity index (χ0n) is 8.62. The normalized spacial score (nSPS) is 16.6. The highest BCUT2D eigenvalue weighted by Crippen LogP contribution is 2.19. The van der Waals surface area contributed by atoms with Gasteiger partial charge in [0.05, 0.1) is 19.8 Å². The Morgan fingerprint density at radius 3 is 2.75 bits per heavy atom. The molecule has 0 bridgehead atoms. The lowest BCUT2D eigenvalue weighted by molar-refractivity contribution is -0.0533. The van der Waals surface area contributed by atoms with Crippen LogP contribution in [-0.2, 0) is 9.47 Å². The van der Waals surface area contributed by atoms with Crippen molar-refractivity contribution in [2.45, 2.75) is 12.7 Å². The number of benzene rings is 1. The van der Waals surface area contributed by atoms with Crippen LogP contribution in [0.1, 0.15) is 6.42 Å². The molecule has 2 rings (SSSR count). The fourth-order valence-electron chi connectivity index (χ4n) is 1.43. The molecule has 3 nitrogen and oxygen atoms in total. The van der Waals surface area contributed by atoms with Crippen LogP contribution >= 0.6 is 0 Å². The number of hydrogen-bond donors (Lipinski definition) is 0. The molecule has 16 heavy (non-hydrogen) atoms. The molecular formula is C11H12F2O3. The minimum atomic E-state index is -0.962. The number of halogens is 2. The van der Waals surface area contributed by atoms with E-state index < -0.39 is 11.6 Å². The molecule has 0 atom stereocenters. The molecule has 1 aromatic rings. The first-order valence-electron chi connectivity index (χ1n) is 5.07. The Morgan fingerprint density at radius 1 is 1.25 bits per heavy atom. The summed E-state index contributed by atoms with van der Waals surface area (Å²) < 4.78 is 41.4. The molecule has 1 aliphatic heterocycles. The van der Waals surface area contributed by atoms with Gasteiger partial charge < -0.3 is 14.2 Å². The van der Waals surface area contributed by atoms with Crippen LogP contribution in [-0.4, -0.2) is 26.1 Å². The van der Waals surface area contributed by atoms with Crippen LogP contribution in [0.3, 0.4) is 0 Å². The third-order valence-corrected chi connectivity index (χ3v) is 2.22. The first-order valence-corrected chi connectivity index (χ1v) is 5.07. The van der Waals surface area contributed by atoms with Crippen molar-refractivity contribution in [3.05, 3.63) is 29.8 Å². The molecule has 0 aromatic heterocycles. The van der Waals surface area contributed by atoms with Gasteiger partial charge in [0.2, 0.25) is 5.82 Å². The zero-order valence-corrected chi connectivity index (χ0v) is 8.62. The van der Waals surface area contributed by atoms with Gasteiger partial charge in [-0.15, -0.1) is 0 Å². The van der Waals surface area contributed by atoms with E-state index in [2.05, 4.69) is 0 Å². The number of rotatable bonds is 4. The van der Waals surface area contributed by atoms with E-state index in [-0.39, 0.29) is 18.6 Å². The fourth-order valence-corrected chi connectivity index (χ4v) is 1.43. The molecule has 1 saturated heterocycles. The largest absolute Gasteiger partial charge is 0.490 e. The lowest BCUT2D eigenvalue weighted by Crippen LogP contribution is -2.13. The highest BCUT2D eigenvalue weighted by Gasteiger charge is 2.16. The van der Waals surface area contributed by atoms with Gasteiger partial charge in [-0.2, -0.15) is 4.39 Å². The van der Waals surface area contributed by atoms with Crippen LogP contribution in [0.2, 0.25) is 0 Å². The van der Waals surface area contributed by atoms with E-state index in [0.29, 0.717) is 19.6 Å². The van der Waals surface area contributed by atoms with Crippen molar-refractivity contribution in [3.8, 4) is 5.75 Å². The maximum atomic E-state index is 13.1. The van der Waals surface area contributed by atoms with Crippen molar-refractivity contribution in [3.63, 3.8) is 0 Å². The molecule has 1 aromatic carbocycles. The van der Waals surface area contributed by atoms with Crippen LogP contribution in [0.25, 0.3) is 0 Å². The molecule has 1 heterocycles. The van der Waals surface area contributed by atoms with Crippen molar-refractivity contribution < 1.29 is 23.0 Å². The summed E-state index contributed by atoms with van der Waals surface area (Å²) in [4.78, 5) is 0. The van der Waals surface area contributed by atoms with Gasteiger partial charge in [0, 0.05) is 6.42 Å². The van der Waals surface area contributed by atoms with Gasteiger partial charge in [0.25, 0.3) is 0 Å². The quantitative estimate of drug-likeness (QED) is 0.792. The Hall–Kier alpha value is -1.20. The maximum absolute atomic E-state index is 13.1. The van der Waals surface area contributed by atoms with Crippen molar-refractivity contribution in [1.82, 2.24) is 0 Å². The van der Waals surface area contributed by atoms with Gasteiger partial charge in [-0.05, 0) is 12.1 Å². The lowest BCUT2D eigenvalue weighted by atomic mass is 10.3. The summed E-state index contributed by atoms with van der Waals surface area (Å²) in [6, 6.07) is 3.83. The van der Waals surface area contributed by atoms with E-state index in [4.69, 9.17) is 14.2 Å². The van der Waals surface area contributed by atoms with Crippen LogP contribution in [0, 0.1) is 11.6 Å². The van der Waals surface area contributed by atoms with E-state index in [9.17, 15) is 8.78 Å². The van der Waals surface area contributed by atoms with Crippen molar-refractivity contribution in [1.29, 1.82) is 0 Å². The monoisotopic (exact) mass is 230 g/mol. The molecule has 0 radical (unpaired) electrons. The number of hydrogen-bond acceptors (Lipinski definition) is 3. The third-order valence-electron chi connectivity index (χ3n) is 2.22. The predicted octanol–water partition coefficient (Wildman–Crippen LogP) is 2.11. The highest BCUT2D eigenvalue weighted by atomic mass is 19.2. The molecular weight excluding hydrogens is 218 g/mol. The van der Waals surface area contributed by atoms with Gasteiger partial charge >= 0.3 is 0 Å². The predicted molar refractivity (Wildman–Crippen MR) is 52.2 cm³/mol. The van der Waals surface area contributed by atoms with Crippen molar-refractivity contribution in [2.75, 3.05) is 19.8 Å². The first kappa shape index (κ1) is 11.3. The Kier molecular flexibility index (Phi) is 3.69. The van der Waals surface area contributed by atoms with E-state index in [1.54, 1.807) is 0 Å². The highest BCUT2D eigenvalue weighted by molar-refractivity contribution is 5.24. The van der Waals surface area contributed by atoms with E-state index in [0.717, 1.165) is 6.07 Å². The molecule has 5 heteroatoms. The van der Waals surface area contributed by atoms with Crippen LogP contribution < -0.4 is 4.74 Å². The van der Waals surface area contributed by atoms with Crippen LogP contribution in [0.5, 0.6) is 5.75 Å². The average molecular weight is 230 g/mol. The standard InChI is InChI=1S/C11H12F2O3/c12-8-2-1-3-9(11(8)13)14-5-4-10-15-6-7-16-10/h1-3,10H,4-7H2. The topological polar surface area (TPSA) is 27.7 Å². The van der Waals surface area contributed by atoms with E-state index in [1.807, 2.05) is 0 Å². The summed E-state index contributed by atoms with van der Waals surface area (Å²) in [5.74, 6) is -1.96. The number of ether oxygens (including phenoxy) is 3. The summed E-state index contributed by atoms with van der Waals surface area (Å²) >= 11 is 0. The minimum absolute atomic E-state index is 0.0852. The lowest BCUT2D eigenvalue weighted by Gasteiger charge is -2.10. The van der Waals surface area contributed by atoms with Crippen LogP contribution in [0.15, 0.2) is 18.2 Å². The second-order valence-electron chi connectivity index (χ2n) is 3.36. The molecule has 0 amide bonds. The molecule has 1 fully saturated rings. The first-order chi connectivity index (χ1) is 7.77. The van der Waals surface area contributed by atoms with Gasteiger partial charge in [-0.1, -0.05) is 6.07 Å². The fraction of sp³-hybridized carbons (Fsp3) is 0.455. The van der Waals surface area contributed by atoms with E-state index >= 15 is 0 Å². The second kappa shape index (κ2) is 5.23. The summed E-state index contributed by atoms with van der Waals surface area (Å²) in [6.45, 7) is 1.36. The Balaban J connectivity index is 1.82. The van der Waals surface area contributed by atoms with Gasteiger partial charge in [-0.3, -0.25) is 0 Å². The minimum Gasteiger partial charge on any atom is -0.490 e. The van der Waals surface area contributed by atoms with Crippen molar-refractivity contribution >= 4 is 0 Å². The van der Waals surface area contributed by atoms with Gasteiger partial charge in [0.15, 0.2) is 17.9 Å². The Labute approximate surface area is 91.9 Å². The van der Waals surface area contributed by atoms with Gasteiger partial charge in [-0.25, -0.2) is 4.39 Å². The third kappa shape index (κ3) is 2.68.